The van der Waals surface area contributed by atoms with Crippen LogP contribution in [0.5, 0.6) is 5.75 Å². The highest BCUT2D eigenvalue weighted by Crippen LogP contribution is 2.32. The van der Waals surface area contributed by atoms with Gasteiger partial charge >= 0.3 is 0 Å². The maximum absolute atomic E-state index is 12.9. The van der Waals surface area contributed by atoms with Gasteiger partial charge in [-0.3, -0.25) is 4.90 Å². The highest BCUT2D eigenvalue weighted by atomic mass is 35.5. The number of hydrogen-bond donors (Lipinski definition) is 1. The van der Waals surface area contributed by atoms with Gasteiger partial charge in [0.05, 0.1) is 41.9 Å². The molecule has 2 saturated heterocycles. The number of anilines is 3. The van der Waals surface area contributed by atoms with Gasteiger partial charge in [-0.05, 0) is 51.8 Å². The minimum Gasteiger partial charge on any atom is -0.494 e. The molecule has 3 heterocycles. The van der Waals surface area contributed by atoms with E-state index >= 15 is 0 Å². The fourth-order valence-electron chi connectivity index (χ4n) is 5.55. The quantitative estimate of drug-likeness (QED) is 0.325. The van der Waals surface area contributed by atoms with Crippen molar-refractivity contribution in [2.75, 3.05) is 56.2 Å². The van der Waals surface area contributed by atoms with Crippen molar-refractivity contribution in [2.45, 2.75) is 56.2 Å². The Morgan fingerprint density at radius 2 is 1.83 bits per heavy atom. The SMILES string of the molecule is CCOc1cc(N2CCC(N3CCOCC3)CC2)ccc1Cc1ncc(Cl)c(Nc2ccccc2S(=O)(=O)C(C)C)n1. The van der Waals surface area contributed by atoms with E-state index < -0.39 is 15.1 Å². The van der Waals surface area contributed by atoms with E-state index in [1.165, 1.54) is 0 Å². The molecule has 0 amide bonds. The Morgan fingerprint density at radius 1 is 1.10 bits per heavy atom. The number of nitrogens with one attached hydrogen (secondary N) is 1. The summed E-state index contributed by atoms with van der Waals surface area (Å²) in [5, 5.41) is 2.88. The van der Waals surface area contributed by atoms with E-state index in [1.807, 2.05) is 6.92 Å². The van der Waals surface area contributed by atoms with Crippen LogP contribution < -0.4 is 15.0 Å². The average molecular weight is 614 g/mol. The highest BCUT2D eigenvalue weighted by molar-refractivity contribution is 7.92. The van der Waals surface area contributed by atoms with Crippen LogP contribution in [0.15, 0.2) is 53.6 Å². The molecule has 2 aliphatic heterocycles. The van der Waals surface area contributed by atoms with Crippen LogP contribution in [0.3, 0.4) is 0 Å². The van der Waals surface area contributed by atoms with Gasteiger partial charge in [-0.15, -0.1) is 0 Å². The molecule has 11 heteroatoms. The predicted molar refractivity (Wildman–Crippen MR) is 167 cm³/mol. The Kier molecular flexibility index (Phi) is 9.88. The van der Waals surface area contributed by atoms with Crippen LogP contribution >= 0.6 is 11.6 Å². The first-order valence-corrected chi connectivity index (χ1v) is 16.6. The lowest BCUT2D eigenvalue weighted by Crippen LogP contribution is -2.49. The number of hydrogen-bond acceptors (Lipinski definition) is 9. The van der Waals surface area contributed by atoms with Gasteiger partial charge in [0.2, 0.25) is 0 Å². The average Bonchev–Trinajstić information content (AvgIpc) is 3.00. The third kappa shape index (κ3) is 6.99. The molecule has 2 aromatic carbocycles. The van der Waals surface area contributed by atoms with Crippen LogP contribution in [0.25, 0.3) is 0 Å². The molecule has 0 radical (unpaired) electrons. The molecule has 0 saturated carbocycles. The monoisotopic (exact) mass is 613 g/mol. The van der Waals surface area contributed by atoms with Gasteiger partial charge in [0.25, 0.3) is 0 Å². The number of aromatic nitrogens is 2. The lowest BCUT2D eigenvalue weighted by atomic mass is 10.0. The third-order valence-corrected chi connectivity index (χ3v) is 10.4. The fourth-order valence-corrected chi connectivity index (χ4v) is 6.89. The number of ether oxygens (including phenoxy) is 2. The lowest BCUT2D eigenvalue weighted by Gasteiger charge is -2.41. The molecular formula is C31H40ClN5O4S. The third-order valence-electron chi connectivity index (χ3n) is 7.95. The summed E-state index contributed by atoms with van der Waals surface area (Å²) in [7, 11) is -3.51. The van der Waals surface area contributed by atoms with Crippen molar-refractivity contribution in [2.24, 2.45) is 0 Å². The summed E-state index contributed by atoms with van der Waals surface area (Å²) >= 11 is 6.45. The molecule has 0 bridgehead atoms. The van der Waals surface area contributed by atoms with Gasteiger partial charge in [0.1, 0.15) is 16.6 Å². The van der Waals surface area contributed by atoms with Crippen molar-refractivity contribution >= 4 is 38.6 Å². The summed E-state index contributed by atoms with van der Waals surface area (Å²) in [6, 6.07) is 13.8. The van der Waals surface area contributed by atoms with E-state index in [4.69, 9.17) is 21.1 Å². The largest absolute Gasteiger partial charge is 0.494 e. The van der Waals surface area contributed by atoms with Gasteiger partial charge in [-0.1, -0.05) is 29.8 Å². The second-order valence-electron chi connectivity index (χ2n) is 11.0. The molecule has 42 heavy (non-hydrogen) atoms. The van der Waals surface area contributed by atoms with Gasteiger partial charge < -0.3 is 19.7 Å². The van der Waals surface area contributed by atoms with E-state index in [0.717, 1.165) is 69.2 Å². The Balaban J connectivity index is 1.32. The number of halogens is 1. The molecule has 0 atom stereocenters. The van der Waals surface area contributed by atoms with Crippen LogP contribution in [0.2, 0.25) is 5.02 Å². The topological polar surface area (TPSA) is 96.9 Å². The summed E-state index contributed by atoms with van der Waals surface area (Å²) < 4.78 is 37.5. The highest BCUT2D eigenvalue weighted by Gasteiger charge is 2.27. The van der Waals surface area contributed by atoms with Crippen LogP contribution in [-0.2, 0) is 21.0 Å². The maximum atomic E-state index is 12.9. The summed E-state index contributed by atoms with van der Waals surface area (Å²) in [6.45, 7) is 11.6. The summed E-state index contributed by atoms with van der Waals surface area (Å²) in [4.78, 5) is 14.4. The van der Waals surface area contributed by atoms with Gasteiger partial charge in [-0.25, -0.2) is 18.4 Å². The van der Waals surface area contributed by atoms with Crippen molar-refractivity contribution in [3.63, 3.8) is 0 Å². The van der Waals surface area contributed by atoms with Crippen LogP contribution in [0.1, 0.15) is 45.0 Å². The van der Waals surface area contributed by atoms with E-state index in [2.05, 4.69) is 43.3 Å². The standard InChI is InChI=1S/C31H40ClN5O4S/c1-4-41-28-20-25(36-13-11-24(12-14-36)37-15-17-40-18-16-37)10-9-23(28)19-30-33-21-26(32)31(35-30)34-27-7-5-6-8-29(27)42(38,39)22(2)3/h5-10,20-22,24H,4,11-19H2,1-3H3,(H,33,34,35). The first-order valence-electron chi connectivity index (χ1n) is 14.7. The van der Waals surface area contributed by atoms with Crippen molar-refractivity contribution in [1.29, 1.82) is 0 Å². The molecule has 226 valence electrons. The van der Waals surface area contributed by atoms with Gasteiger partial charge in [0, 0.05) is 56.0 Å². The number of piperidine rings is 1. The number of rotatable bonds is 10. The van der Waals surface area contributed by atoms with Crippen molar-refractivity contribution in [3.05, 3.63) is 65.1 Å². The minimum absolute atomic E-state index is 0.208. The number of benzene rings is 2. The summed E-state index contributed by atoms with van der Waals surface area (Å²) in [5.41, 5.74) is 2.55. The Labute approximate surface area is 254 Å². The van der Waals surface area contributed by atoms with E-state index in [9.17, 15) is 8.42 Å². The number of para-hydroxylation sites is 1. The van der Waals surface area contributed by atoms with Crippen molar-refractivity contribution in [1.82, 2.24) is 14.9 Å². The van der Waals surface area contributed by atoms with Crippen LogP contribution in [-0.4, -0.2) is 80.6 Å². The molecule has 1 aromatic heterocycles. The molecule has 5 rings (SSSR count). The normalized spacial score (nSPS) is 17.0. The Hall–Kier alpha value is -2.92. The zero-order chi connectivity index (χ0) is 29.7. The Bertz CT molecular complexity index is 1470. The summed E-state index contributed by atoms with van der Waals surface area (Å²) in [5.74, 6) is 1.71. The molecule has 2 aliphatic rings. The van der Waals surface area contributed by atoms with E-state index in [-0.39, 0.29) is 4.90 Å². The first kappa shape index (κ1) is 30.5. The van der Waals surface area contributed by atoms with E-state index in [0.29, 0.717) is 41.4 Å². The Morgan fingerprint density at radius 3 is 2.55 bits per heavy atom. The first-order chi connectivity index (χ1) is 20.3. The second kappa shape index (κ2) is 13.6. The molecular weight excluding hydrogens is 574 g/mol. The predicted octanol–water partition coefficient (Wildman–Crippen LogP) is 5.35. The molecule has 1 N–H and O–H groups in total. The molecule has 3 aromatic rings. The maximum Gasteiger partial charge on any atom is 0.182 e. The molecule has 0 aliphatic carbocycles. The van der Waals surface area contributed by atoms with Crippen molar-refractivity contribution < 1.29 is 17.9 Å². The van der Waals surface area contributed by atoms with Crippen molar-refractivity contribution in [3.8, 4) is 5.75 Å². The number of nitrogens with zero attached hydrogens (tertiary/aromatic N) is 4. The lowest BCUT2D eigenvalue weighted by molar-refractivity contribution is 0.0115. The molecule has 9 nitrogen and oxygen atoms in total. The number of morpholine rings is 1. The zero-order valence-electron chi connectivity index (χ0n) is 24.6. The van der Waals surface area contributed by atoms with Crippen LogP contribution in [0, 0.1) is 0 Å². The van der Waals surface area contributed by atoms with Gasteiger partial charge in [0.15, 0.2) is 15.7 Å². The minimum atomic E-state index is -3.51. The summed E-state index contributed by atoms with van der Waals surface area (Å²) in [6.07, 6.45) is 4.26. The smallest absolute Gasteiger partial charge is 0.182 e. The second-order valence-corrected chi connectivity index (χ2v) is 13.8. The van der Waals surface area contributed by atoms with Crippen LogP contribution in [0.4, 0.5) is 17.2 Å². The molecule has 2 fully saturated rings. The molecule has 0 unspecified atom stereocenters. The van der Waals surface area contributed by atoms with Gasteiger partial charge in [-0.2, -0.15) is 0 Å². The molecule has 0 spiro atoms. The number of sulfone groups is 1. The fraction of sp³-hybridized carbons (Fsp3) is 0.484. The zero-order valence-corrected chi connectivity index (χ0v) is 26.1. The van der Waals surface area contributed by atoms with E-state index in [1.54, 1.807) is 44.3 Å².